The fourth-order valence-electron chi connectivity index (χ4n) is 1.84. The van der Waals surface area contributed by atoms with Gasteiger partial charge in [0.1, 0.15) is 0 Å². The van der Waals surface area contributed by atoms with Crippen LogP contribution in [0.5, 0.6) is 0 Å². The molecule has 0 saturated heterocycles. The first-order valence-electron chi connectivity index (χ1n) is 5.69. The van der Waals surface area contributed by atoms with E-state index in [-0.39, 0.29) is 5.92 Å². The predicted molar refractivity (Wildman–Crippen MR) is 64.9 cm³/mol. The van der Waals surface area contributed by atoms with E-state index in [4.69, 9.17) is 5.26 Å². The van der Waals surface area contributed by atoms with Crippen molar-refractivity contribution in [2.24, 2.45) is 5.41 Å². The third kappa shape index (κ3) is 2.43. The van der Waals surface area contributed by atoms with E-state index in [0.29, 0.717) is 6.42 Å². The maximum absolute atomic E-state index is 10.3. The second kappa shape index (κ2) is 5.14. The molecule has 0 aliphatic rings. The quantitative estimate of drug-likeness (QED) is 0.842. The molecule has 0 aliphatic carbocycles. The standard InChI is InChI=1S/C14H19NO/c1-4-14(3,10-15)13(16)11(2)12-8-6-5-7-9-12/h5-9,11,13,16H,4H2,1-3H3. The summed E-state index contributed by atoms with van der Waals surface area (Å²) >= 11 is 0. The van der Waals surface area contributed by atoms with Gasteiger partial charge in [0, 0.05) is 5.92 Å². The molecule has 86 valence electrons. The van der Waals surface area contributed by atoms with Crippen molar-refractivity contribution in [2.75, 3.05) is 0 Å². The zero-order valence-electron chi connectivity index (χ0n) is 10.1. The molecule has 0 saturated carbocycles. The molecule has 16 heavy (non-hydrogen) atoms. The summed E-state index contributed by atoms with van der Waals surface area (Å²) in [6, 6.07) is 12.1. The van der Waals surface area contributed by atoms with Crippen LogP contribution in [-0.2, 0) is 0 Å². The van der Waals surface area contributed by atoms with Crippen LogP contribution in [-0.4, -0.2) is 11.2 Å². The Labute approximate surface area is 97.5 Å². The lowest BCUT2D eigenvalue weighted by atomic mass is 9.75. The number of aliphatic hydroxyl groups excluding tert-OH is 1. The minimum Gasteiger partial charge on any atom is -0.391 e. The van der Waals surface area contributed by atoms with Crippen LogP contribution in [0.1, 0.15) is 38.7 Å². The highest BCUT2D eigenvalue weighted by molar-refractivity contribution is 5.22. The van der Waals surface area contributed by atoms with Crippen LogP contribution in [0.4, 0.5) is 0 Å². The van der Waals surface area contributed by atoms with Crippen molar-refractivity contribution in [2.45, 2.75) is 39.2 Å². The first-order valence-corrected chi connectivity index (χ1v) is 5.69. The summed E-state index contributed by atoms with van der Waals surface area (Å²) in [7, 11) is 0. The third-order valence-electron chi connectivity index (χ3n) is 3.44. The lowest BCUT2D eigenvalue weighted by Gasteiger charge is -2.31. The summed E-state index contributed by atoms with van der Waals surface area (Å²) in [5.74, 6) is -0.0224. The van der Waals surface area contributed by atoms with E-state index in [0.717, 1.165) is 5.56 Å². The molecule has 0 aromatic heterocycles. The molecule has 1 rings (SSSR count). The van der Waals surface area contributed by atoms with Gasteiger partial charge in [-0.1, -0.05) is 44.2 Å². The molecule has 0 amide bonds. The number of nitrogens with zero attached hydrogens (tertiary/aromatic N) is 1. The van der Waals surface area contributed by atoms with Gasteiger partial charge in [0.15, 0.2) is 0 Å². The summed E-state index contributed by atoms with van der Waals surface area (Å²) in [6.07, 6.45) is 0.0203. The summed E-state index contributed by atoms with van der Waals surface area (Å²) in [6.45, 7) is 5.71. The van der Waals surface area contributed by atoms with Gasteiger partial charge < -0.3 is 5.11 Å². The maximum atomic E-state index is 10.3. The fourth-order valence-corrected chi connectivity index (χ4v) is 1.84. The van der Waals surface area contributed by atoms with Crippen LogP contribution < -0.4 is 0 Å². The van der Waals surface area contributed by atoms with Gasteiger partial charge in [0.2, 0.25) is 0 Å². The smallest absolute Gasteiger partial charge is 0.0807 e. The van der Waals surface area contributed by atoms with Crippen molar-refractivity contribution in [1.82, 2.24) is 0 Å². The average molecular weight is 217 g/mol. The molecule has 0 bridgehead atoms. The largest absolute Gasteiger partial charge is 0.391 e. The highest BCUT2D eigenvalue weighted by atomic mass is 16.3. The topological polar surface area (TPSA) is 44.0 Å². The highest BCUT2D eigenvalue weighted by Gasteiger charge is 2.35. The minimum absolute atomic E-state index is 0.0224. The van der Waals surface area contributed by atoms with Crippen LogP contribution in [0.2, 0.25) is 0 Å². The number of hydrogen-bond acceptors (Lipinski definition) is 2. The molecule has 2 heteroatoms. The van der Waals surface area contributed by atoms with Gasteiger partial charge in [0.25, 0.3) is 0 Å². The zero-order chi connectivity index (χ0) is 12.2. The van der Waals surface area contributed by atoms with Gasteiger partial charge in [-0.05, 0) is 18.9 Å². The Balaban J connectivity index is 2.91. The van der Waals surface area contributed by atoms with Crippen LogP contribution in [0.3, 0.4) is 0 Å². The van der Waals surface area contributed by atoms with E-state index >= 15 is 0 Å². The van der Waals surface area contributed by atoms with Crippen molar-refractivity contribution >= 4 is 0 Å². The second-order valence-corrected chi connectivity index (χ2v) is 4.53. The Bertz CT molecular complexity index is 368. The van der Waals surface area contributed by atoms with Crippen LogP contribution >= 0.6 is 0 Å². The monoisotopic (exact) mass is 217 g/mol. The minimum atomic E-state index is -0.671. The van der Waals surface area contributed by atoms with Crippen molar-refractivity contribution in [1.29, 1.82) is 5.26 Å². The summed E-state index contributed by atoms with van der Waals surface area (Å²) in [5, 5.41) is 19.4. The molecule has 1 aromatic rings. The van der Waals surface area contributed by atoms with Crippen molar-refractivity contribution < 1.29 is 5.11 Å². The number of nitriles is 1. The molecular weight excluding hydrogens is 198 g/mol. The average Bonchev–Trinajstić information content (AvgIpc) is 2.37. The predicted octanol–water partition coefficient (Wildman–Crippen LogP) is 3.09. The van der Waals surface area contributed by atoms with Gasteiger partial charge in [-0.2, -0.15) is 5.26 Å². The third-order valence-corrected chi connectivity index (χ3v) is 3.44. The molecule has 3 unspecified atom stereocenters. The summed E-state index contributed by atoms with van der Waals surface area (Å²) in [5.41, 5.74) is 0.403. The van der Waals surface area contributed by atoms with E-state index in [9.17, 15) is 5.11 Å². The molecular formula is C14H19NO. The Hall–Kier alpha value is -1.33. The Morgan fingerprint density at radius 3 is 2.38 bits per heavy atom. The molecule has 1 aromatic carbocycles. The SMILES string of the molecule is CCC(C)(C#N)C(O)C(C)c1ccccc1. The van der Waals surface area contributed by atoms with Crippen LogP contribution in [0, 0.1) is 16.7 Å². The molecule has 0 aliphatic heterocycles. The normalized spacial score (nSPS) is 18.2. The van der Waals surface area contributed by atoms with Crippen molar-refractivity contribution in [3.63, 3.8) is 0 Å². The van der Waals surface area contributed by atoms with Gasteiger partial charge in [-0.25, -0.2) is 0 Å². The van der Waals surface area contributed by atoms with Gasteiger partial charge in [-0.15, -0.1) is 0 Å². The van der Waals surface area contributed by atoms with Gasteiger partial charge in [0.05, 0.1) is 17.6 Å². The second-order valence-electron chi connectivity index (χ2n) is 4.53. The van der Waals surface area contributed by atoms with Gasteiger partial charge in [-0.3, -0.25) is 0 Å². The van der Waals surface area contributed by atoms with E-state index in [1.54, 1.807) is 0 Å². The number of hydrogen-bond donors (Lipinski definition) is 1. The fraction of sp³-hybridized carbons (Fsp3) is 0.500. The van der Waals surface area contributed by atoms with Crippen LogP contribution in [0.25, 0.3) is 0 Å². The molecule has 0 fully saturated rings. The molecule has 0 spiro atoms. The first-order chi connectivity index (χ1) is 7.55. The molecule has 2 nitrogen and oxygen atoms in total. The number of rotatable bonds is 4. The van der Waals surface area contributed by atoms with Crippen molar-refractivity contribution in [3.8, 4) is 6.07 Å². The Kier molecular flexibility index (Phi) is 4.09. The highest BCUT2D eigenvalue weighted by Crippen LogP contribution is 2.34. The van der Waals surface area contributed by atoms with E-state index in [2.05, 4.69) is 6.07 Å². The van der Waals surface area contributed by atoms with Crippen molar-refractivity contribution in [3.05, 3.63) is 35.9 Å². The molecule has 0 radical (unpaired) electrons. The Morgan fingerprint density at radius 2 is 1.94 bits per heavy atom. The summed E-state index contributed by atoms with van der Waals surface area (Å²) < 4.78 is 0. The van der Waals surface area contributed by atoms with Crippen LogP contribution in [0.15, 0.2) is 30.3 Å². The van der Waals surface area contributed by atoms with E-state index < -0.39 is 11.5 Å². The number of benzene rings is 1. The Morgan fingerprint density at radius 1 is 1.38 bits per heavy atom. The first kappa shape index (κ1) is 12.7. The lowest BCUT2D eigenvalue weighted by molar-refractivity contribution is 0.0524. The van der Waals surface area contributed by atoms with E-state index in [1.807, 2.05) is 51.1 Å². The van der Waals surface area contributed by atoms with E-state index in [1.165, 1.54) is 0 Å². The number of aliphatic hydroxyl groups is 1. The molecule has 0 heterocycles. The molecule has 1 N–H and O–H groups in total. The zero-order valence-corrected chi connectivity index (χ0v) is 10.1. The lowest BCUT2D eigenvalue weighted by Crippen LogP contribution is -2.34. The van der Waals surface area contributed by atoms with Gasteiger partial charge >= 0.3 is 0 Å². The summed E-state index contributed by atoms with van der Waals surface area (Å²) in [4.78, 5) is 0. The molecule has 3 atom stereocenters. The maximum Gasteiger partial charge on any atom is 0.0807 e.